The fraction of sp³-hybridized carbons (Fsp3) is 0.500. The number of carbonyl (C=O) groups excluding carboxylic acids is 1. The van der Waals surface area contributed by atoms with E-state index in [9.17, 15) is 18.3 Å². The summed E-state index contributed by atoms with van der Waals surface area (Å²) >= 11 is 1.14. The highest BCUT2D eigenvalue weighted by Gasteiger charge is 2.31. The molecule has 32 heavy (non-hydrogen) atoms. The van der Waals surface area contributed by atoms with E-state index in [1.807, 2.05) is 32.8 Å². The fourth-order valence-corrected chi connectivity index (χ4v) is 5.74. The Morgan fingerprint density at radius 2 is 2.09 bits per heavy atom. The number of amides is 1. The molecule has 3 rings (SSSR count). The predicted molar refractivity (Wildman–Crippen MR) is 126 cm³/mol. The summed E-state index contributed by atoms with van der Waals surface area (Å²) in [5, 5.41) is 11.4. The van der Waals surface area contributed by atoms with E-state index in [-0.39, 0.29) is 41.2 Å². The van der Waals surface area contributed by atoms with E-state index < -0.39 is 10.0 Å². The standard InChI is InChI=1S/C22H31N3O5S2/c1-15-12-25(16(2)14-26)21(27)11-17-10-18(23-32(28,29)22-6-5-9-31-22)7-8-19(17)30-20(15)13-24(3)4/h5-10,15-16,20,23,26H,11-14H2,1-4H3/t15-,16-,20+/m1/s1. The zero-order chi connectivity index (χ0) is 23.5. The number of ether oxygens (including phenoxy) is 1. The van der Waals surface area contributed by atoms with Crippen molar-refractivity contribution in [3.63, 3.8) is 0 Å². The van der Waals surface area contributed by atoms with Crippen LogP contribution in [0.2, 0.25) is 0 Å². The van der Waals surface area contributed by atoms with Gasteiger partial charge in [-0.3, -0.25) is 9.52 Å². The van der Waals surface area contributed by atoms with Crippen molar-refractivity contribution in [3.8, 4) is 5.75 Å². The summed E-state index contributed by atoms with van der Waals surface area (Å²) in [5.41, 5.74) is 0.973. The number of fused-ring (bicyclic) bond motifs is 1. The Hall–Kier alpha value is -2.14. The van der Waals surface area contributed by atoms with Gasteiger partial charge in [0.05, 0.1) is 19.1 Å². The number of carbonyl (C=O) groups is 1. The molecule has 0 bridgehead atoms. The van der Waals surface area contributed by atoms with E-state index in [1.54, 1.807) is 40.6 Å². The fourth-order valence-electron chi connectivity index (χ4n) is 3.69. The van der Waals surface area contributed by atoms with Crippen molar-refractivity contribution in [1.29, 1.82) is 0 Å². The van der Waals surface area contributed by atoms with Crippen molar-refractivity contribution in [2.75, 3.05) is 38.5 Å². The average molecular weight is 482 g/mol. The molecule has 1 aromatic heterocycles. The molecule has 0 saturated heterocycles. The van der Waals surface area contributed by atoms with Crippen LogP contribution in [0.1, 0.15) is 19.4 Å². The molecule has 1 aliphatic rings. The first-order valence-corrected chi connectivity index (χ1v) is 12.9. The first kappa shape index (κ1) is 24.5. The van der Waals surface area contributed by atoms with Gasteiger partial charge in [-0.05, 0) is 50.7 Å². The zero-order valence-corrected chi connectivity index (χ0v) is 20.4. The van der Waals surface area contributed by atoms with Crippen LogP contribution in [0.15, 0.2) is 39.9 Å². The summed E-state index contributed by atoms with van der Waals surface area (Å²) in [6.07, 6.45) is -0.132. The Morgan fingerprint density at radius 1 is 1.34 bits per heavy atom. The van der Waals surface area contributed by atoms with Crippen LogP contribution in [0.4, 0.5) is 5.69 Å². The molecule has 2 heterocycles. The van der Waals surface area contributed by atoms with Crippen molar-refractivity contribution in [2.45, 2.75) is 36.6 Å². The van der Waals surface area contributed by atoms with Gasteiger partial charge < -0.3 is 19.6 Å². The van der Waals surface area contributed by atoms with E-state index in [0.717, 1.165) is 11.3 Å². The smallest absolute Gasteiger partial charge is 0.271 e. The van der Waals surface area contributed by atoms with E-state index in [0.29, 0.717) is 30.1 Å². The quantitative estimate of drug-likeness (QED) is 0.629. The van der Waals surface area contributed by atoms with Crippen LogP contribution < -0.4 is 9.46 Å². The summed E-state index contributed by atoms with van der Waals surface area (Å²) in [5.74, 6) is 0.458. The topological polar surface area (TPSA) is 99.2 Å². The van der Waals surface area contributed by atoms with Crippen LogP contribution in [0.25, 0.3) is 0 Å². The highest BCUT2D eigenvalue weighted by atomic mass is 32.2. The molecule has 176 valence electrons. The van der Waals surface area contributed by atoms with E-state index in [2.05, 4.69) is 4.72 Å². The number of rotatable bonds is 7. The van der Waals surface area contributed by atoms with E-state index >= 15 is 0 Å². The lowest BCUT2D eigenvalue weighted by atomic mass is 10.0. The minimum atomic E-state index is -3.70. The number of likely N-dealkylation sites (N-methyl/N-ethyl adjacent to an activating group) is 1. The summed E-state index contributed by atoms with van der Waals surface area (Å²) in [6, 6.07) is 7.92. The molecule has 0 saturated carbocycles. The maximum atomic E-state index is 13.2. The molecule has 1 aliphatic heterocycles. The van der Waals surface area contributed by atoms with Crippen LogP contribution in [0.5, 0.6) is 5.75 Å². The predicted octanol–water partition coefficient (Wildman–Crippen LogP) is 2.26. The van der Waals surface area contributed by atoms with Crippen LogP contribution in [-0.4, -0.2) is 75.2 Å². The number of aliphatic hydroxyl groups is 1. The molecule has 0 unspecified atom stereocenters. The van der Waals surface area contributed by atoms with E-state index in [1.165, 1.54) is 0 Å². The second kappa shape index (κ2) is 10.2. The number of hydrogen-bond donors (Lipinski definition) is 2. The monoisotopic (exact) mass is 481 g/mol. The second-order valence-electron chi connectivity index (χ2n) is 8.51. The zero-order valence-electron chi connectivity index (χ0n) is 18.8. The van der Waals surface area contributed by atoms with Crippen LogP contribution in [-0.2, 0) is 21.2 Å². The van der Waals surface area contributed by atoms with Gasteiger partial charge in [0, 0.05) is 30.3 Å². The molecule has 2 N–H and O–H groups in total. The van der Waals surface area contributed by atoms with Crippen LogP contribution in [0.3, 0.4) is 0 Å². The summed E-state index contributed by atoms with van der Waals surface area (Å²) in [6.45, 7) is 4.84. The van der Waals surface area contributed by atoms with Gasteiger partial charge in [0.25, 0.3) is 10.0 Å². The molecule has 0 radical (unpaired) electrons. The number of benzene rings is 1. The number of aliphatic hydroxyl groups excluding tert-OH is 1. The molecule has 0 fully saturated rings. The van der Waals surface area contributed by atoms with Crippen LogP contribution in [0, 0.1) is 5.92 Å². The van der Waals surface area contributed by atoms with Gasteiger partial charge in [-0.25, -0.2) is 8.42 Å². The van der Waals surface area contributed by atoms with Crippen molar-refractivity contribution in [1.82, 2.24) is 9.80 Å². The van der Waals surface area contributed by atoms with Crippen molar-refractivity contribution in [3.05, 3.63) is 41.3 Å². The first-order chi connectivity index (χ1) is 15.1. The largest absolute Gasteiger partial charge is 0.488 e. The third kappa shape index (κ3) is 5.80. The maximum absolute atomic E-state index is 13.2. The van der Waals surface area contributed by atoms with Gasteiger partial charge in [-0.1, -0.05) is 13.0 Å². The normalized spacial score (nSPS) is 20.7. The maximum Gasteiger partial charge on any atom is 0.271 e. The van der Waals surface area contributed by atoms with Gasteiger partial charge in [-0.2, -0.15) is 0 Å². The SMILES string of the molecule is C[C@@H]1CN([C@H](C)CO)C(=O)Cc2cc(NS(=O)(=O)c3cccs3)ccc2O[C@H]1CN(C)C. The van der Waals surface area contributed by atoms with Crippen molar-refractivity contribution >= 4 is 33.0 Å². The summed E-state index contributed by atoms with van der Waals surface area (Å²) in [7, 11) is 0.223. The highest BCUT2D eigenvalue weighted by molar-refractivity contribution is 7.94. The Bertz CT molecular complexity index is 1020. The number of nitrogens with zero attached hydrogens (tertiary/aromatic N) is 2. The molecule has 0 spiro atoms. The number of anilines is 1. The van der Waals surface area contributed by atoms with Crippen molar-refractivity contribution in [2.24, 2.45) is 5.92 Å². The lowest BCUT2D eigenvalue weighted by Crippen LogP contribution is -2.47. The molecular weight excluding hydrogens is 450 g/mol. The third-order valence-electron chi connectivity index (χ3n) is 5.47. The Labute approximate surface area is 193 Å². The van der Waals surface area contributed by atoms with Crippen molar-refractivity contribution < 1.29 is 23.1 Å². The Morgan fingerprint density at radius 3 is 2.72 bits per heavy atom. The third-order valence-corrected chi connectivity index (χ3v) is 8.25. The molecule has 1 aromatic carbocycles. The number of hydrogen-bond acceptors (Lipinski definition) is 7. The molecule has 2 aromatic rings. The van der Waals surface area contributed by atoms with E-state index in [4.69, 9.17) is 4.74 Å². The highest BCUT2D eigenvalue weighted by Crippen LogP contribution is 2.30. The molecule has 8 nitrogen and oxygen atoms in total. The first-order valence-electron chi connectivity index (χ1n) is 10.5. The van der Waals surface area contributed by atoms with Gasteiger partial charge in [0.1, 0.15) is 16.1 Å². The average Bonchev–Trinajstić information content (AvgIpc) is 3.28. The summed E-state index contributed by atoms with van der Waals surface area (Å²) in [4.78, 5) is 16.9. The molecular formula is C22H31N3O5S2. The lowest BCUT2D eigenvalue weighted by molar-refractivity contribution is -0.134. The molecule has 1 amide bonds. The second-order valence-corrected chi connectivity index (χ2v) is 11.4. The van der Waals surface area contributed by atoms with Gasteiger partial charge in [-0.15, -0.1) is 11.3 Å². The number of sulfonamides is 1. The minimum absolute atomic E-state index is 0.0262. The summed E-state index contributed by atoms with van der Waals surface area (Å²) < 4.78 is 34.4. The Kier molecular flexibility index (Phi) is 7.81. The van der Waals surface area contributed by atoms with Crippen LogP contribution >= 0.6 is 11.3 Å². The van der Waals surface area contributed by atoms with Gasteiger partial charge in [0.2, 0.25) is 5.91 Å². The van der Waals surface area contributed by atoms with Gasteiger partial charge >= 0.3 is 0 Å². The molecule has 10 heteroatoms. The number of thiophene rings is 1. The Balaban J connectivity index is 1.97. The minimum Gasteiger partial charge on any atom is -0.488 e. The molecule has 0 aliphatic carbocycles. The molecule has 3 atom stereocenters. The lowest BCUT2D eigenvalue weighted by Gasteiger charge is -2.33. The number of nitrogens with one attached hydrogen (secondary N) is 1. The van der Waals surface area contributed by atoms with Gasteiger partial charge in [0.15, 0.2) is 0 Å².